The number of pyridine rings is 1. The van der Waals surface area contributed by atoms with Gasteiger partial charge in [-0.2, -0.15) is 4.98 Å². The van der Waals surface area contributed by atoms with E-state index in [1.807, 2.05) is 12.1 Å². The highest BCUT2D eigenvalue weighted by molar-refractivity contribution is 5.71. The van der Waals surface area contributed by atoms with E-state index in [-0.39, 0.29) is 0 Å². The van der Waals surface area contributed by atoms with E-state index in [0.29, 0.717) is 17.2 Å². The number of nitrogens with one attached hydrogen (secondary N) is 1. The predicted octanol–water partition coefficient (Wildman–Crippen LogP) is 3.65. The molecule has 0 spiro atoms. The minimum absolute atomic E-state index is 0.316. The molecule has 1 saturated carbocycles. The van der Waals surface area contributed by atoms with Crippen LogP contribution in [-0.2, 0) is 0 Å². The van der Waals surface area contributed by atoms with E-state index < -0.39 is 0 Å². The van der Waals surface area contributed by atoms with Gasteiger partial charge in [0.25, 0.3) is 0 Å². The van der Waals surface area contributed by atoms with Crippen LogP contribution in [0.15, 0.2) is 12.1 Å². The number of H-pyrrole nitrogens is 1. The first-order chi connectivity index (χ1) is 9.10. The summed E-state index contributed by atoms with van der Waals surface area (Å²) in [6.45, 7) is 4.69. The summed E-state index contributed by atoms with van der Waals surface area (Å²) in [5.74, 6) is 2.20. The Hall–Kier alpha value is -1.58. The highest BCUT2D eigenvalue weighted by Gasteiger charge is 2.35. The molecule has 1 aliphatic rings. The molecule has 4 heteroatoms. The quantitative estimate of drug-likeness (QED) is 0.895. The van der Waals surface area contributed by atoms with Crippen molar-refractivity contribution in [1.82, 2.24) is 15.0 Å². The van der Waals surface area contributed by atoms with Crippen LogP contribution in [-0.4, -0.2) is 22.1 Å². The van der Waals surface area contributed by atoms with Crippen molar-refractivity contribution in [3.63, 3.8) is 0 Å². The topological polar surface area (TPSA) is 50.8 Å². The van der Waals surface area contributed by atoms with Crippen LogP contribution in [0.25, 0.3) is 11.2 Å². The largest absolute Gasteiger partial charge is 0.481 e. The maximum atomic E-state index is 5.15. The number of fused-ring (bicyclic) bond motifs is 1. The van der Waals surface area contributed by atoms with Crippen LogP contribution in [0.2, 0.25) is 0 Å². The number of hydrogen-bond acceptors (Lipinski definition) is 3. The molecule has 0 bridgehead atoms. The van der Waals surface area contributed by atoms with Crippen LogP contribution in [0.4, 0.5) is 0 Å². The maximum absolute atomic E-state index is 5.15. The Balaban J connectivity index is 2.00. The molecular weight excluding hydrogens is 238 g/mol. The summed E-state index contributed by atoms with van der Waals surface area (Å²) in [4.78, 5) is 12.5. The second-order valence-electron chi connectivity index (χ2n) is 6.13. The lowest BCUT2D eigenvalue weighted by Crippen LogP contribution is -2.26. The van der Waals surface area contributed by atoms with Crippen LogP contribution in [0.3, 0.4) is 0 Å². The molecule has 1 atom stereocenters. The van der Waals surface area contributed by atoms with Crippen molar-refractivity contribution in [3.8, 4) is 5.88 Å². The fourth-order valence-electron chi connectivity index (χ4n) is 3.17. The van der Waals surface area contributed by atoms with Gasteiger partial charge >= 0.3 is 0 Å². The van der Waals surface area contributed by atoms with Gasteiger partial charge in [0.05, 0.1) is 12.6 Å². The van der Waals surface area contributed by atoms with Gasteiger partial charge in [-0.25, -0.2) is 4.98 Å². The van der Waals surface area contributed by atoms with Gasteiger partial charge in [0.1, 0.15) is 5.82 Å². The van der Waals surface area contributed by atoms with Gasteiger partial charge in [0.15, 0.2) is 5.65 Å². The Morgan fingerprint density at radius 3 is 2.84 bits per heavy atom. The normalized spacial score (nSPS) is 22.6. The number of methoxy groups -OCH3 is 1. The van der Waals surface area contributed by atoms with Crippen molar-refractivity contribution < 1.29 is 4.74 Å². The molecule has 1 N–H and O–H groups in total. The minimum Gasteiger partial charge on any atom is -0.481 e. The van der Waals surface area contributed by atoms with E-state index in [1.165, 1.54) is 25.7 Å². The molecule has 19 heavy (non-hydrogen) atoms. The summed E-state index contributed by atoms with van der Waals surface area (Å²) in [5, 5.41) is 0. The van der Waals surface area contributed by atoms with Crippen molar-refractivity contribution in [2.24, 2.45) is 5.41 Å². The highest BCUT2D eigenvalue weighted by Crippen LogP contribution is 2.45. The number of aromatic nitrogens is 3. The summed E-state index contributed by atoms with van der Waals surface area (Å²) in [7, 11) is 1.63. The molecule has 0 radical (unpaired) electrons. The average Bonchev–Trinajstić information content (AvgIpc) is 2.80. The summed E-state index contributed by atoms with van der Waals surface area (Å²) < 4.78 is 5.15. The number of rotatable bonds is 2. The van der Waals surface area contributed by atoms with Crippen LogP contribution in [0, 0.1) is 5.41 Å². The number of aromatic amines is 1. The van der Waals surface area contributed by atoms with Crippen LogP contribution in [0.5, 0.6) is 5.88 Å². The molecular formula is C15H21N3O. The van der Waals surface area contributed by atoms with Crippen molar-refractivity contribution in [3.05, 3.63) is 18.0 Å². The predicted molar refractivity (Wildman–Crippen MR) is 75.4 cm³/mol. The third kappa shape index (κ3) is 2.20. The molecule has 0 amide bonds. The molecule has 0 saturated heterocycles. The molecule has 1 unspecified atom stereocenters. The number of hydrogen-bond donors (Lipinski definition) is 1. The molecule has 1 aliphatic carbocycles. The lowest BCUT2D eigenvalue weighted by atomic mass is 9.68. The lowest BCUT2D eigenvalue weighted by molar-refractivity contribution is 0.193. The van der Waals surface area contributed by atoms with Gasteiger partial charge in [-0.15, -0.1) is 0 Å². The SMILES string of the molecule is COc1ccc2[nH]c(C3CCCCC3(C)C)nc2n1. The van der Waals surface area contributed by atoms with Crippen LogP contribution < -0.4 is 4.74 Å². The van der Waals surface area contributed by atoms with E-state index in [9.17, 15) is 0 Å². The smallest absolute Gasteiger partial charge is 0.215 e. The van der Waals surface area contributed by atoms with E-state index in [0.717, 1.165) is 17.0 Å². The zero-order valence-electron chi connectivity index (χ0n) is 11.9. The molecule has 2 heterocycles. The molecule has 0 aromatic carbocycles. The number of imidazole rings is 1. The second-order valence-corrected chi connectivity index (χ2v) is 6.13. The Morgan fingerprint density at radius 2 is 2.11 bits per heavy atom. The lowest BCUT2D eigenvalue weighted by Gasteiger charge is -2.37. The molecule has 3 rings (SSSR count). The van der Waals surface area contributed by atoms with Crippen molar-refractivity contribution in [1.29, 1.82) is 0 Å². The standard InChI is InChI=1S/C15H21N3O/c1-15(2)9-5-4-6-10(15)13-16-11-7-8-12(19-3)17-14(11)18-13/h7-8,10H,4-6,9H2,1-3H3,(H,16,17,18). The third-order valence-electron chi connectivity index (χ3n) is 4.39. The van der Waals surface area contributed by atoms with Gasteiger partial charge in [-0.05, 0) is 24.3 Å². The highest BCUT2D eigenvalue weighted by atomic mass is 16.5. The second kappa shape index (κ2) is 4.51. The number of nitrogens with zero attached hydrogens (tertiary/aromatic N) is 2. The zero-order valence-corrected chi connectivity index (χ0v) is 11.9. The third-order valence-corrected chi connectivity index (χ3v) is 4.39. The average molecular weight is 259 g/mol. The van der Waals surface area contributed by atoms with Crippen molar-refractivity contribution in [2.75, 3.05) is 7.11 Å². The fraction of sp³-hybridized carbons (Fsp3) is 0.600. The van der Waals surface area contributed by atoms with Crippen LogP contribution in [0.1, 0.15) is 51.3 Å². The van der Waals surface area contributed by atoms with E-state index in [4.69, 9.17) is 9.72 Å². The fourth-order valence-corrected chi connectivity index (χ4v) is 3.17. The van der Waals surface area contributed by atoms with Gasteiger partial charge in [-0.3, -0.25) is 0 Å². The summed E-state index contributed by atoms with van der Waals surface area (Å²) >= 11 is 0. The number of ether oxygens (including phenoxy) is 1. The molecule has 1 fully saturated rings. The van der Waals surface area contributed by atoms with E-state index >= 15 is 0 Å². The monoisotopic (exact) mass is 259 g/mol. The van der Waals surface area contributed by atoms with Gasteiger partial charge in [0, 0.05) is 12.0 Å². The summed E-state index contributed by atoms with van der Waals surface area (Å²) in [6.07, 6.45) is 5.10. The first-order valence-corrected chi connectivity index (χ1v) is 7.01. The molecule has 4 nitrogen and oxygen atoms in total. The molecule has 0 aliphatic heterocycles. The van der Waals surface area contributed by atoms with Crippen molar-refractivity contribution >= 4 is 11.2 Å². The zero-order chi connectivity index (χ0) is 13.5. The Bertz CT molecular complexity index is 588. The Morgan fingerprint density at radius 1 is 1.26 bits per heavy atom. The Kier molecular flexibility index (Phi) is 2.96. The van der Waals surface area contributed by atoms with E-state index in [1.54, 1.807) is 7.11 Å². The molecule has 2 aromatic rings. The Labute approximate surface area is 113 Å². The van der Waals surface area contributed by atoms with Gasteiger partial charge < -0.3 is 9.72 Å². The maximum Gasteiger partial charge on any atom is 0.215 e. The van der Waals surface area contributed by atoms with Crippen molar-refractivity contribution in [2.45, 2.75) is 45.4 Å². The van der Waals surface area contributed by atoms with Crippen LogP contribution >= 0.6 is 0 Å². The summed E-state index contributed by atoms with van der Waals surface area (Å²) in [6, 6.07) is 3.86. The van der Waals surface area contributed by atoms with Gasteiger partial charge in [0.2, 0.25) is 5.88 Å². The summed E-state index contributed by atoms with van der Waals surface area (Å²) in [5.41, 5.74) is 2.07. The van der Waals surface area contributed by atoms with E-state index in [2.05, 4.69) is 23.8 Å². The molecule has 2 aromatic heterocycles. The minimum atomic E-state index is 0.316. The first-order valence-electron chi connectivity index (χ1n) is 7.01. The molecule has 102 valence electrons. The van der Waals surface area contributed by atoms with Gasteiger partial charge in [-0.1, -0.05) is 26.7 Å². The first kappa shape index (κ1) is 12.5.